The first-order valence-corrected chi connectivity index (χ1v) is 6.25. The maximum Gasteiger partial charge on any atom is 0.341 e. The van der Waals surface area contributed by atoms with Crippen molar-refractivity contribution < 1.29 is 80.5 Å². The predicted molar refractivity (Wildman–Crippen MR) is 66.4 cm³/mol. The van der Waals surface area contributed by atoms with Gasteiger partial charge in [0, 0.05) is 16.8 Å². The summed E-state index contributed by atoms with van der Waals surface area (Å²) >= 11 is 0. The summed E-state index contributed by atoms with van der Waals surface area (Å²) in [6.45, 7) is 0. The van der Waals surface area contributed by atoms with Crippen molar-refractivity contribution in [2.24, 2.45) is 0 Å². The van der Waals surface area contributed by atoms with E-state index in [1.54, 1.807) is 0 Å². The largest absolute Gasteiger partial charge is 0.477 e. The van der Waals surface area contributed by atoms with Crippen molar-refractivity contribution >= 4 is 11.9 Å². The molecule has 0 fully saturated rings. The Morgan fingerprint density at radius 2 is 0.552 bits per heavy atom. The molecule has 0 heterocycles. The Bertz CT molecular complexity index is 858. The molecule has 1 radical (unpaired) electrons. The zero-order valence-corrected chi connectivity index (χ0v) is 13.9. The molecule has 0 aromatic heterocycles. The van der Waals surface area contributed by atoms with Gasteiger partial charge in [0.2, 0.25) is 11.6 Å². The van der Waals surface area contributed by atoms with E-state index in [2.05, 4.69) is 0 Å². The van der Waals surface area contributed by atoms with Crippen molar-refractivity contribution in [3.63, 3.8) is 0 Å². The van der Waals surface area contributed by atoms with Crippen LogP contribution < -0.4 is 0 Å². The average Bonchev–Trinajstić information content (AvgIpc) is 2.61. The summed E-state index contributed by atoms with van der Waals surface area (Å²) in [6.07, 6.45) is 0. The summed E-state index contributed by atoms with van der Waals surface area (Å²) in [5.74, 6) is -27.7. The van der Waals surface area contributed by atoms with Crippen LogP contribution >= 0.6 is 0 Å². The van der Waals surface area contributed by atoms with Gasteiger partial charge in [0.15, 0.2) is 46.5 Å². The van der Waals surface area contributed by atoms with Crippen molar-refractivity contribution in [3.8, 4) is 0 Å². The van der Waals surface area contributed by atoms with Gasteiger partial charge >= 0.3 is 11.9 Å². The van der Waals surface area contributed by atoms with Gasteiger partial charge in [-0.3, -0.25) is 0 Å². The number of rotatable bonds is 2. The quantitative estimate of drug-likeness (QED) is 0.383. The maximum absolute atomic E-state index is 12.6. The van der Waals surface area contributed by atoms with Gasteiger partial charge in [0.05, 0.1) is 0 Å². The van der Waals surface area contributed by atoms with E-state index in [0.29, 0.717) is 0 Å². The molecule has 2 aromatic carbocycles. The zero-order chi connectivity index (χ0) is 22.1. The fourth-order valence-corrected chi connectivity index (χ4v) is 1.59. The minimum absolute atomic E-state index is 0. The van der Waals surface area contributed by atoms with E-state index >= 15 is 0 Å². The molecule has 0 aliphatic rings. The molecule has 0 aliphatic carbocycles. The summed E-state index contributed by atoms with van der Waals surface area (Å²) < 4.78 is 124. The molecule has 0 unspecified atom stereocenters. The molecule has 0 saturated carbocycles. The van der Waals surface area contributed by atoms with Crippen LogP contribution in [0.1, 0.15) is 20.7 Å². The van der Waals surface area contributed by atoms with Crippen LogP contribution in [0, 0.1) is 58.2 Å². The van der Waals surface area contributed by atoms with E-state index in [1.807, 2.05) is 0 Å². The first kappa shape index (κ1) is 26.2. The van der Waals surface area contributed by atoms with E-state index in [0.717, 1.165) is 0 Å². The molecule has 2 N–H and O–H groups in total. The first-order valence-electron chi connectivity index (χ1n) is 6.25. The molecule has 0 atom stereocenters. The number of carboxylic acid groups (broad SMARTS) is 2. The molecule has 0 bridgehead atoms. The van der Waals surface area contributed by atoms with Crippen LogP contribution in [0.5, 0.6) is 0 Å². The Morgan fingerprint density at radius 3 is 0.690 bits per heavy atom. The number of carbonyl (C=O) groups is 2. The Labute approximate surface area is 162 Å². The first-order chi connectivity index (χ1) is 12.7. The molecular formula is C14H2CoF10O4. The summed E-state index contributed by atoms with van der Waals surface area (Å²) in [7, 11) is 0. The molecule has 29 heavy (non-hydrogen) atoms. The smallest absolute Gasteiger partial charge is 0.341 e. The number of hydrogen-bond acceptors (Lipinski definition) is 2. The van der Waals surface area contributed by atoms with Crippen molar-refractivity contribution in [1.82, 2.24) is 0 Å². The molecule has 15 heteroatoms. The van der Waals surface area contributed by atoms with Crippen LogP contribution in [0.2, 0.25) is 0 Å². The molecule has 0 amide bonds. The van der Waals surface area contributed by atoms with E-state index in [1.165, 1.54) is 0 Å². The summed E-state index contributed by atoms with van der Waals surface area (Å²) in [4.78, 5) is 20.2. The van der Waals surface area contributed by atoms with Gasteiger partial charge in [-0.2, -0.15) is 0 Å². The Hall–Kier alpha value is -2.81. The van der Waals surface area contributed by atoms with Crippen LogP contribution in [0.15, 0.2) is 0 Å². The van der Waals surface area contributed by atoms with Crippen LogP contribution in [-0.2, 0) is 16.8 Å². The SMILES string of the molecule is O=C(O)c1c(F)c(F)c(F)c(F)c1F.O=C(O)c1c(F)c(F)c(F)c(F)c1F.[Co]. The topological polar surface area (TPSA) is 74.6 Å². The van der Waals surface area contributed by atoms with E-state index < -0.39 is 81.2 Å². The summed E-state index contributed by atoms with van der Waals surface area (Å²) in [5.41, 5.74) is -3.72. The fourth-order valence-electron chi connectivity index (χ4n) is 1.59. The minimum atomic E-state index is -2.38. The van der Waals surface area contributed by atoms with Crippen molar-refractivity contribution in [3.05, 3.63) is 69.3 Å². The molecule has 0 aliphatic heterocycles. The summed E-state index contributed by atoms with van der Waals surface area (Å²) in [6, 6.07) is 0. The number of halogens is 10. The molecule has 4 nitrogen and oxygen atoms in total. The van der Waals surface area contributed by atoms with Gasteiger partial charge in [-0.25, -0.2) is 53.5 Å². The Morgan fingerprint density at radius 1 is 0.414 bits per heavy atom. The predicted octanol–water partition coefficient (Wildman–Crippen LogP) is 4.16. The van der Waals surface area contributed by atoms with Crippen LogP contribution in [-0.4, -0.2) is 22.2 Å². The zero-order valence-electron chi connectivity index (χ0n) is 12.8. The number of aromatic carboxylic acids is 2. The molecule has 0 spiro atoms. The van der Waals surface area contributed by atoms with E-state index in [9.17, 15) is 53.5 Å². The minimum Gasteiger partial charge on any atom is -0.477 e. The Balaban J connectivity index is 0.000000523. The van der Waals surface area contributed by atoms with Gasteiger partial charge in [0.25, 0.3) is 0 Å². The number of carboxylic acids is 2. The second-order valence-electron chi connectivity index (χ2n) is 4.50. The molecule has 2 aromatic rings. The second-order valence-corrected chi connectivity index (χ2v) is 4.50. The normalized spacial score (nSPS) is 10.0. The van der Waals surface area contributed by atoms with Crippen LogP contribution in [0.25, 0.3) is 0 Å². The van der Waals surface area contributed by atoms with Crippen LogP contribution in [0.3, 0.4) is 0 Å². The monoisotopic (exact) mass is 483 g/mol. The van der Waals surface area contributed by atoms with Crippen LogP contribution in [0.4, 0.5) is 43.9 Å². The molecule has 2 rings (SSSR count). The number of hydrogen-bond donors (Lipinski definition) is 2. The third kappa shape index (κ3) is 4.79. The van der Waals surface area contributed by atoms with Gasteiger partial charge in [-0.05, 0) is 0 Å². The van der Waals surface area contributed by atoms with Gasteiger partial charge in [-0.15, -0.1) is 0 Å². The van der Waals surface area contributed by atoms with Gasteiger partial charge in [0.1, 0.15) is 11.1 Å². The number of benzene rings is 2. The molecule has 0 saturated heterocycles. The molecular weight excluding hydrogens is 481 g/mol. The standard InChI is InChI=1S/2C7HF5O2.Co/c2*8-2-1(7(13)14)3(9)5(11)6(12)4(2)10;/h2*(H,13,14);. The second kappa shape index (κ2) is 9.59. The third-order valence-corrected chi connectivity index (χ3v) is 2.85. The van der Waals surface area contributed by atoms with Crippen molar-refractivity contribution in [2.75, 3.05) is 0 Å². The van der Waals surface area contributed by atoms with Gasteiger partial charge in [-0.1, -0.05) is 0 Å². The van der Waals surface area contributed by atoms with Crippen molar-refractivity contribution in [1.29, 1.82) is 0 Å². The van der Waals surface area contributed by atoms with E-state index in [4.69, 9.17) is 10.2 Å². The Kier molecular flexibility index (Phi) is 8.66. The fraction of sp³-hybridized carbons (Fsp3) is 0. The maximum atomic E-state index is 12.6. The molecule has 161 valence electrons. The van der Waals surface area contributed by atoms with Gasteiger partial charge < -0.3 is 10.2 Å². The third-order valence-electron chi connectivity index (χ3n) is 2.85. The summed E-state index contributed by atoms with van der Waals surface area (Å²) in [5, 5.41) is 16.3. The average molecular weight is 483 g/mol. The van der Waals surface area contributed by atoms with E-state index in [-0.39, 0.29) is 16.8 Å². The van der Waals surface area contributed by atoms with Crippen molar-refractivity contribution in [2.45, 2.75) is 0 Å².